The van der Waals surface area contributed by atoms with Crippen molar-refractivity contribution >= 4 is 45.9 Å². The molecule has 0 saturated carbocycles. The monoisotopic (exact) mass is 931 g/mol. The van der Waals surface area contributed by atoms with Crippen molar-refractivity contribution in [1.82, 2.24) is 40.4 Å². The number of carbonyl (C=O) groups is 4. The number of ether oxygens (including phenoxy) is 2. The molecule has 17 nitrogen and oxygen atoms in total. The van der Waals surface area contributed by atoms with Crippen molar-refractivity contribution in [3.63, 3.8) is 0 Å². The number of rotatable bonds is 13. The normalized spacial score (nSPS) is 19.9. The predicted octanol–water partition coefficient (Wildman–Crippen LogP) is 5.87. The number of methoxy groups -OCH3 is 2. The van der Waals surface area contributed by atoms with E-state index in [1.165, 1.54) is 19.1 Å². The van der Waals surface area contributed by atoms with Crippen LogP contribution in [0.4, 0.5) is 9.59 Å². The Labute approximate surface area is 385 Å². The van der Waals surface area contributed by atoms with Crippen LogP contribution in [0, 0.1) is 0 Å². The van der Waals surface area contributed by atoms with E-state index < -0.39 is 69.4 Å². The van der Waals surface area contributed by atoms with Crippen LogP contribution in [0.15, 0.2) is 122 Å². The van der Waals surface area contributed by atoms with Gasteiger partial charge in [0.15, 0.2) is 0 Å². The molecule has 8 rings (SSSR count). The van der Waals surface area contributed by atoms with Crippen LogP contribution in [0.2, 0.25) is 0 Å². The van der Waals surface area contributed by atoms with E-state index in [4.69, 9.17) is 9.47 Å². The Bertz CT molecular complexity index is 2550. The summed E-state index contributed by atoms with van der Waals surface area (Å²) in [6.45, 7) is 0.149. The maximum Gasteiger partial charge on any atom is 0.407 e. The van der Waals surface area contributed by atoms with E-state index in [-0.39, 0.29) is 30.7 Å². The number of benzene rings is 4. The van der Waals surface area contributed by atoms with Gasteiger partial charge in [-0.3, -0.25) is 18.0 Å². The molecule has 342 valence electrons. The largest absolute Gasteiger partial charge is 0.772 e. The topological polar surface area (TPSA) is 232 Å². The van der Waals surface area contributed by atoms with Gasteiger partial charge < -0.3 is 44.4 Å². The lowest BCUT2D eigenvalue weighted by atomic mass is 10.0. The summed E-state index contributed by atoms with van der Waals surface area (Å²) in [4.78, 5) is 72.0. The third-order valence-corrected chi connectivity index (χ3v) is 14.2. The van der Waals surface area contributed by atoms with Crippen LogP contribution in [-0.4, -0.2) is 111 Å². The first-order valence-corrected chi connectivity index (χ1v) is 23.8. The van der Waals surface area contributed by atoms with E-state index in [2.05, 4.69) is 30.6 Å². The summed E-state index contributed by atoms with van der Waals surface area (Å²) in [6, 6.07) is 29.9. The summed E-state index contributed by atoms with van der Waals surface area (Å²) in [5.74, 6) is 0.0923. The molecule has 0 radical (unpaired) electrons. The third kappa shape index (κ3) is 9.82. The Morgan fingerprint density at radius 3 is 1.38 bits per heavy atom. The average Bonchev–Trinajstić information content (AvgIpc) is 4.19. The molecule has 0 spiro atoms. The van der Waals surface area contributed by atoms with Crippen molar-refractivity contribution in [2.24, 2.45) is 0 Å². The molecular weight excluding hydrogens is 885 g/mol. The Morgan fingerprint density at radius 1 is 0.621 bits per heavy atom. The Morgan fingerprint density at radius 2 is 1.00 bits per heavy atom. The molecular formula is C47H47N8O9S2-. The average molecular weight is 932 g/mol. The first-order chi connectivity index (χ1) is 31.9. The summed E-state index contributed by atoms with van der Waals surface area (Å²) in [5, 5.41) is 4.13. The molecule has 6 aromatic rings. The standard InChI is InChI=1S/C47H48N8O9S2/c1-63-46(58)52-40(32-10-6-4-7-11-32)44(56)54-26-34(65(3)60)22-38(54)42-48-24-36(50-42)30-18-14-28(15-19-30)29-16-20-31(21-17-29)37-25-49-43(51-37)39-23-35(66(61)62)27-55(39)45(57)41(53-47(59)64-2)33-12-8-5-9-13-33/h4-21,24-25,34-35,38-41H,22-23,26-27H2,1-3H3,(H,48,50)(H,49,51)(H,52,58)(H,53,59)(H,61,62)/p-1/t34-,35-,38-,39-,40-,41-,65?/m0/s1. The van der Waals surface area contributed by atoms with Gasteiger partial charge in [-0.05, 0) is 46.2 Å². The van der Waals surface area contributed by atoms with Gasteiger partial charge in [0.2, 0.25) is 0 Å². The number of hydrogen-bond donors (Lipinski definition) is 4. The van der Waals surface area contributed by atoms with Crippen molar-refractivity contribution < 1.29 is 41.6 Å². The lowest BCUT2D eigenvalue weighted by Gasteiger charge is -2.28. The smallest absolute Gasteiger partial charge is 0.407 e. The molecule has 4 N–H and O–H groups in total. The van der Waals surface area contributed by atoms with Crippen LogP contribution in [0.25, 0.3) is 33.6 Å². The van der Waals surface area contributed by atoms with E-state index in [1.54, 1.807) is 78.1 Å². The summed E-state index contributed by atoms with van der Waals surface area (Å²) < 4.78 is 46.7. The molecule has 2 unspecified atom stereocenters. The van der Waals surface area contributed by atoms with Crippen molar-refractivity contribution in [2.75, 3.05) is 33.6 Å². The van der Waals surface area contributed by atoms with E-state index in [0.717, 1.165) is 27.9 Å². The molecule has 0 aliphatic carbocycles. The Hall–Kier alpha value is -6.96. The van der Waals surface area contributed by atoms with Gasteiger partial charge in [-0.2, -0.15) is 0 Å². The van der Waals surface area contributed by atoms with E-state index in [1.807, 2.05) is 54.6 Å². The molecule has 4 aromatic carbocycles. The number of hydrogen-bond acceptors (Lipinski definition) is 11. The van der Waals surface area contributed by atoms with Crippen LogP contribution in [0.5, 0.6) is 0 Å². The second-order valence-electron chi connectivity index (χ2n) is 16.0. The fourth-order valence-electron chi connectivity index (χ4n) is 8.52. The molecule has 66 heavy (non-hydrogen) atoms. The Kier molecular flexibility index (Phi) is 13.9. The first kappa shape index (κ1) is 45.6. The van der Waals surface area contributed by atoms with Crippen molar-refractivity contribution in [1.29, 1.82) is 0 Å². The molecule has 2 aliphatic rings. The molecule has 4 heterocycles. The summed E-state index contributed by atoms with van der Waals surface area (Å²) in [7, 11) is 1.22. The minimum absolute atomic E-state index is 0.0766. The molecule has 8 atom stereocenters. The highest BCUT2D eigenvalue weighted by Crippen LogP contribution is 2.38. The maximum atomic E-state index is 14.2. The van der Waals surface area contributed by atoms with Crippen LogP contribution in [0.1, 0.15) is 59.8 Å². The second-order valence-corrected chi connectivity index (χ2v) is 18.8. The zero-order chi connectivity index (χ0) is 46.5. The van der Waals surface area contributed by atoms with Crippen LogP contribution < -0.4 is 10.6 Å². The van der Waals surface area contributed by atoms with Gasteiger partial charge in [-0.15, -0.1) is 0 Å². The molecule has 2 aliphatic heterocycles. The van der Waals surface area contributed by atoms with Gasteiger partial charge in [0.05, 0.1) is 55.3 Å². The van der Waals surface area contributed by atoms with Gasteiger partial charge >= 0.3 is 12.2 Å². The third-order valence-electron chi connectivity index (χ3n) is 12.0. The quantitative estimate of drug-likeness (QED) is 0.100. The number of nitrogens with one attached hydrogen (secondary N) is 4. The number of H-pyrrole nitrogens is 2. The minimum atomic E-state index is -2.46. The van der Waals surface area contributed by atoms with E-state index in [9.17, 15) is 32.1 Å². The molecule has 2 fully saturated rings. The lowest BCUT2D eigenvalue weighted by Crippen LogP contribution is -2.43. The highest BCUT2D eigenvalue weighted by molar-refractivity contribution is 7.84. The van der Waals surface area contributed by atoms with Crippen LogP contribution in [-0.2, 0) is 40.9 Å². The number of likely N-dealkylation sites (tertiary alicyclic amines) is 2. The predicted molar refractivity (Wildman–Crippen MR) is 245 cm³/mol. The molecule has 2 aromatic heterocycles. The van der Waals surface area contributed by atoms with Gasteiger partial charge in [-0.1, -0.05) is 120 Å². The van der Waals surface area contributed by atoms with Crippen LogP contribution >= 0.6 is 0 Å². The molecule has 19 heteroatoms. The fraction of sp³-hybridized carbons (Fsp3) is 0.277. The zero-order valence-corrected chi connectivity index (χ0v) is 37.8. The number of amides is 4. The Balaban J connectivity index is 0.971. The second kappa shape index (κ2) is 20.1. The highest BCUT2D eigenvalue weighted by atomic mass is 32.2. The number of nitrogens with zero attached hydrogens (tertiary/aromatic N) is 4. The number of alkyl carbamates (subject to hydrolysis) is 2. The molecule has 4 amide bonds. The zero-order valence-electron chi connectivity index (χ0n) is 36.1. The van der Waals surface area contributed by atoms with Gasteiger partial charge in [0, 0.05) is 35.4 Å². The highest BCUT2D eigenvalue weighted by Gasteiger charge is 2.43. The SMILES string of the molecule is COC(=O)N[C@H](C(=O)N1C[C@@H](S(C)=O)C[C@H]1c1ncc(-c2ccc(-c3ccc(-c4cnc([C@@H]5C[C@H](S(=O)[O-])CN5C(=O)[C@@H](NC(=O)OC)c5ccccc5)[nH]4)cc3)cc2)[nH]1)c1ccccc1. The minimum Gasteiger partial charge on any atom is -0.772 e. The number of aromatic nitrogens is 4. The molecule has 0 bridgehead atoms. The van der Waals surface area contributed by atoms with Crippen molar-refractivity contribution in [3.05, 3.63) is 144 Å². The number of aromatic amines is 2. The van der Waals surface area contributed by atoms with Gasteiger partial charge in [-0.25, -0.2) is 19.6 Å². The van der Waals surface area contributed by atoms with Gasteiger partial charge in [0.1, 0.15) is 23.7 Å². The summed E-state index contributed by atoms with van der Waals surface area (Å²) in [6.07, 6.45) is 3.97. The summed E-state index contributed by atoms with van der Waals surface area (Å²) in [5.41, 5.74) is 6.07. The van der Waals surface area contributed by atoms with Crippen LogP contribution in [0.3, 0.4) is 0 Å². The number of carbonyl (C=O) groups excluding carboxylic acids is 4. The fourth-order valence-corrected chi connectivity index (χ4v) is 9.97. The van der Waals surface area contributed by atoms with Crippen molar-refractivity contribution in [3.8, 4) is 33.6 Å². The lowest BCUT2D eigenvalue weighted by molar-refractivity contribution is -0.135. The van der Waals surface area contributed by atoms with E-state index in [0.29, 0.717) is 34.9 Å². The maximum absolute atomic E-state index is 14.2. The summed E-state index contributed by atoms with van der Waals surface area (Å²) >= 11 is -2.46. The van der Waals surface area contributed by atoms with E-state index >= 15 is 0 Å². The first-order valence-electron chi connectivity index (χ1n) is 21.0. The number of imidazole rings is 2. The molecule has 2 saturated heterocycles. The van der Waals surface area contributed by atoms with Crippen molar-refractivity contribution in [2.45, 2.75) is 47.5 Å². The van der Waals surface area contributed by atoms with Gasteiger partial charge in [0.25, 0.3) is 11.8 Å².